The molecule has 0 aliphatic heterocycles. The summed E-state index contributed by atoms with van der Waals surface area (Å²) in [5.41, 5.74) is 10.1. The SMILES string of the molecule is CCn1cc(-c2ccc(OC)c(CN)c2)c(C)n1. The molecule has 0 aliphatic carbocycles. The fourth-order valence-corrected chi connectivity index (χ4v) is 2.07. The van der Waals surface area contributed by atoms with Gasteiger partial charge >= 0.3 is 0 Å². The van der Waals surface area contributed by atoms with E-state index in [9.17, 15) is 0 Å². The van der Waals surface area contributed by atoms with Crippen molar-refractivity contribution in [3.05, 3.63) is 35.7 Å². The van der Waals surface area contributed by atoms with Crippen molar-refractivity contribution in [3.8, 4) is 16.9 Å². The van der Waals surface area contributed by atoms with Crippen LogP contribution in [0, 0.1) is 6.92 Å². The van der Waals surface area contributed by atoms with Gasteiger partial charge in [0.15, 0.2) is 0 Å². The smallest absolute Gasteiger partial charge is 0.123 e. The number of methoxy groups -OCH3 is 1. The lowest BCUT2D eigenvalue weighted by Gasteiger charge is -2.08. The summed E-state index contributed by atoms with van der Waals surface area (Å²) in [6.07, 6.45) is 2.07. The number of hydrogen-bond donors (Lipinski definition) is 1. The van der Waals surface area contributed by atoms with Gasteiger partial charge in [-0.25, -0.2) is 0 Å². The van der Waals surface area contributed by atoms with E-state index in [1.54, 1.807) is 7.11 Å². The zero-order valence-electron chi connectivity index (χ0n) is 11.1. The predicted molar refractivity (Wildman–Crippen MR) is 72.5 cm³/mol. The number of aromatic nitrogens is 2. The Morgan fingerprint density at radius 1 is 1.39 bits per heavy atom. The molecule has 0 unspecified atom stereocenters. The Hall–Kier alpha value is -1.81. The van der Waals surface area contributed by atoms with Gasteiger partial charge < -0.3 is 10.5 Å². The first kappa shape index (κ1) is 12.6. The minimum absolute atomic E-state index is 0.470. The van der Waals surface area contributed by atoms with E-state index in [4.69, 9.17) is 10.5 Å². The van der Waals surface area contributed by atoms with E-state index in [0.29, 0.717) is 6.54 Å². The molecule has 18 heavy (non-hydrogen) atoms. The van der Waals surface area contributed by atoms with Crippen LogP contribution in [-0.2, 0) is 13.1 Å². The quantitative estimate of drug-likeness (QED) is 0.899. The maximum absolute atomic E-state index is 5.74. The summed E-state index contributed by atoms with van der Waals surface area (Å²) in [6.45, 7) is 5.45. The van der Waals surface area contributed by atoms with E-state index < -0.39 is 0 Å². The molecule has 96 valence electrons. The van der Waals surface area contributed by atoms with E-state index in [2.05, 4.69) is 24.3 Å². The molecular weight excluding hydrogens is 226 g/mol. The Balaban J connectivity index is 2.47. The number of ether oxygens (including phenoxy) is 1. The van der Waals surface area contributed by atoms with Crippen LogP contribution >= 0.6 is 0 Å². The molecular formula is C14H19N3O. The van der Waals surface area contributed by atoms with Crippen LogP contribution in [0.25, 0.3) is 11.1 Å². The normalized spacial score (nSPS) is 10.7. The van der Waals surface area contributed by atoms with Crippen molar-refractivity contribution in [1.82, 2.24) is 9.78 Å². The minimum atomic E-state index is 0.470. The molecule has 0 saturated heterocycles. The van der Waals surface area contributed by atoms with Crippen molar-refractivity contribution in [2.45, 2.75) is 26.9 Å². The molecule has 0 atom stereocenters. The van der Waals surface area contributed by atoms with Gasteiger partial charge in [0, 0.05) is 30.4 Å². The molecule has 0 amide bonds. The van der Waals surface area contributed by atoms with E-state index in [-0.39, 0.29) is 0 Å². The highest BCUT2D eigenvalue weighted by molar-refractivity contribution is 5.67. The van der Waals surface area contributed by atoms with Gasteiger partial charge in [0.1, 0.15) is 5.75 Å². The Kier molecular flexibility index (Phi) is 3.67. The van der Waals surface area contributed by atoms with Crippen LogP contribution < -0.4 is 10.5 Å². The van der Waals surface area contributed by atoms with Crippen molar-refractivity contribution in [2.24, 2.45) is 5.73 Å². The van der Waals surface area contributed by atoms with E-state index in [0.717, 1.165) is 34.7 Å². The molecule has 4 heteroatoms. The van der Waals surface area contributed by atoms with Crippen molar-refractivity contribution in [3.63, 3.8) is 0 Å². The molecule has 0 spiro atoms. The number of nitrogens with zero attached hydrogens (tertiary/aromatic N) is 2. The number of rotatable bonds is 4. The largest absolute Gasteiger partial charge is 0.496 e. The molecule has 0 fully saturated rings. The number of benzene rings is 1. The molecule has 1 aromatic heterocycles. The van der Waals surface area contributed by atoms with Gasteiger partial charge in [-0.3, -0.25) is 4.68 Å². The molecule has 1 heterocycles. The second-order valence-corrected chi connectivity index (χ2v) is 4.21. The minimum Gasteiger partial charge on any atom is -0.496 e. The van der Waals surface area contributed by atoms with Gasteiger partial charge in [0.2, 0.25) is 0 Å². The standard InChI is InChI=1S/C14H19N3O/c1-4-17-9-13(10(2)16-17)11-5-6-14(18-3)12(7-11)8-15/h5-7,9H,4,8,15H2,1-3H3. The summed E-state index contributed by atoms with van der Waals surface area (Å²) in [6, 6.07) is 6.07. The Labute approximate surface area is 107 Å². The molecule has 2 N–H and O–H groups in total. The summed E-state index contributed by atoms with van der Waals surface area (Å²) in [7, 11) is 1.66. The van der Waals surface area contributed by atoms with Crippen LogP contribution in [0.15, 0.2) is 24.4 Å². The van der Waals surface area contributed by atoms with Gasteiger partial charge in [-0.05, 0) is 31.5 Å². The van der Waals surface area contributed by atoms with E-state index >= 15 is 0 Å². The number of nitrogens with two attached hydrogens (primary N) is 1. The monoisotopic (exact) mass is 245 g/mol. The molecule has 0 bridgehead atoms. The molecule has 2 rings (SSSR count). The van der Waals surface area contributed by atoms with Crippen molar-refractivity contribution in [2.75, 3.05) is 7.11 Å². The van der Waals surface area contributed by atoms with Crippen LogP contribution in [0.2, 0.25) is 0 Å². The highest BCUT2D eigenvalue weighted by atomic mass is 16.5. The third-order valence-corrected chi connectivity index (χ3v) is 3.08. The topological polar surface area (TPSA) is 53.1 Å². The van der Waals surface area contributed by atoms with E-state index in [1.807, 2.05) is 23.7 Å². The second kappa shape index (κ2) is 5.23. The lowest BCUT2D eigenvalue weighted by molar-refractivity contribution is 0.410. The first-order valence-corrected chi connectivity index (χ1v) is 6.11. The highest BCUT2D eigenvalue weighted by Crippen LogP contribution is 2.28. The molecule has 2 aromatic rings. The fraction of sp³-hybridized carbons (Fsp3) is 0.357. The zero-order chi connectivity index (χ0) is 13.1. The lowest BCUT2D eigenvalue weighted by atomic mass is 10.0. The van der Waals surface area contributed by atoms with Gasteiger partial charge in [0.05, 0.1) is 12.8 Å². The van der Waals surface area contributed by atoms with Crippen molar-refractivity contribution >= 4 is 0 Å². The average Bonchev–Trinajstić information content (AvgIpc) is 2.79. The number of aryl methyl sites for hydroxylation is 2. The summed E-state index contributed by atoms with van der Waals surface area (Å²) >= 11 is 0. The maximum atomic E-state index is 5.74. The van der Waals surface area contributed by atoms with Gasteiger partial charge in [0.25, 0.3) is 0 Å². The summed E-state index contributed by atoms with van der Waals surface area (Å²) in [5, 5.41) is 4.46. The Morgan fingerprint density at radius 2 is 2.17 bits per heavy atom. The third kappa shape index (κ3) is 2.24. The van der Waals surface area contributed by atoms with Crippen LogP contribution in [0.1, 0.15) is 18.2 Å². The molecule has 0 radical (unpaired) electrons. The van der Waals surface area contributed by atoms with Crippen molar-refractivity contribution < 1.29 is 4.74 Å². The lowest BCUT2D eigenvalue weighted by Crippen LogP contribution is -2.00. The Morgan fingerprint density at radius 3 is 2.72 bits per heavy atom. The maximum Gasteiger partial charge on any atom is 0.123 e. The molecule has 0 saturated carbocycles. The summed E-state index contributed by atoms with van der Waals surface area (Å²) in [4.78, 5) is 0. The van der Waals surface area contributed by atoms with Crippen LogP contribution in [0.3, 0.4) is 0 Å². The van der Waals surface area contributed by atoms with Crippen molar-refractivity contribution in [1.29, 1.82) is 0 Å². The molecule has 4 nitrogen and oxygen atoms in total. The molecule has 1 aromatic carbocycles. The van der Waals surface area contributed by atoms with Crippen LogP contribution in [0.4, 0.5) is 0 Å². The van der Waals surface area contributed by atoms with Gasteiger partial charge in [-0.1, -0.05) is 6.07 Å². The van der Waals surface area contributed by atoms with E-state index in [1.165, 1.54) is 0 Å². The predicted octanol–water partition coefficient (Wildman–Crippen LogP) is 2.35. The second-order valence-electron chi connectivity index (χ2n) is 4.21. The average molecular weight is 245 g/mol. The van der Waals surface area contributed by atoms with Crippen LogP contribution in [-0.4, -0.2) is 16.9 Å². The van der Waals surface area contributed by atoms with Gasteiger partial charge in [-0.2, -0.15) is 5.10 Å². The fourth-order valence-electron chi connectivity index (χ4n) is 2.07. The number of hydrogen-bond acceptors (Lipinski definition) is 3. The zero-order valence-corrected chi connectivity index (χ0v) is 11.1. The van der Waals surface area contributed by atoms with Gasteiger partial charge in [-0.15, -0.1) is 0 Å². The molecule has 0 aliphatic rings. The first-order valence-electron chi connectivity index (χ1n) is 6.11. The Bertz CT molecular complexity index is 546. The highest BCUT2D eigenvalue weighted by Gasteiger charge is 2.09. The summed E-state index contributed by atoms with van der Waals surface area (Å²) < 4.78 is 7.22. The first-order chi connectivity index (χ1) is 8.69. The van der Waals surface area contributed by atoms with Crippen LogP contribution in [0.5, 0.6) is 5.75 Å². The third-order valence-electron chi connectivity index (χ3n) is 3.08. The summed E-state index contributed by atoms with van der Waals surface area (Å²) in [5.74, 6) is 0.835.